The minimum atomic E-state index is -0.352. The lowest BCUT2D eigenvalue weighted by molar-refractivity contribution is -0.120. The molecule has 0 unspecified atom stereocenters. The minimum absolute atomic E-state index is 0.163. The number of nitrogens with zero attached hydrogens (tertiary/aromatic N) is 2. The summed E-state index contributed by atoms with van der Waals surface area (Å²) in [5.74, 6) is -1.06. The van der Waals surface area contributed by atoms with Crippen LogP contribution in [0.2, 0.25) is 0 Å². The van der Waals surface area contributed by atoms with Crippen LogP contribution in [0.3, 0.4) is 0 Å². The Bertz CT molecular complexity index is 865. The smallest absolute Gasteiger partial charge is 0.238 e. The van der Waals surface area contributed by atoms with E-state index < -0.39 is 0 Å². The van der Waals surface area contributed by atoms with Crippen molar-refractivity contribution < 1.29 is 18.4 Å². The molecule has 0 bridgehead atoms. The maximum atomic E-state index is 13.6. The van der Waals surface area contributed by atoms with E-state index in [1.54, 1.807) is 19.1 Å². The van der Waals surface area contributed by atoms with E-state index in [1.807, 2.05) is 9.80 Å². The summed E-state index contributed by atoms with van der Waals surface area (Å²) in [5.41, 5.74) is 1.52. The van der Waals surface area contributed by atoms with Crippen molar-refractivity contribution in [1.82, 2.24) is 9.80 Å². The fraction of sp³-hybridized carbons (Fsp3) is 0.333. The summed E-state index contributed by atoms with van der Waals surface area (Å²) in [7, 11) is 0. The van der Waals surface area contributed by atoms with E-state index in [4.69, 9.17) is 0 Å². The second-order valence-electron chi connectivity index (χ2n) is 7.12. The van der Waals surface area contributed by atoms with Gasteiger partial charge in [-0.15, -0.1) is 0 Å². The number of piperazine rings is 1. The van der Waals surface area contributed by atoms with E-state index in [1.165, 1.54) is 30.3 Å². The van der Waals surface area contributed by atoms with Gasteiger partial charge in [-0.1, -0.05) is 6.07 Å². The van der Waals surface area contributed by atoms with Gasteiger partial charge in [0.2, 0.25) is 11.8 Å². The molecule has 0 aliphatic carbocycles. The molecule has 0 radical (unpaired) electrons. The third-order valence-corrected chi connectivity index (χ3v) is 4.78. The molecular formula is C21H24F2N4O2. The van der Waals surface area contributed by atoms with Gasteiger partial charge >= 0.3 is 0 Å². The monoisotopic (exact) mass is 402 g/mol. The van der Waals surface area contributed by atoms with Crippen LogP contribution >= 0.6 is 0 Å². The molecular weight excluding hydrogens is 378 g/mol. The van der Waals surface area contributed by atoms with E-state index in [0.717, 1.165) is 0 Å². The van der Waals surface area contributed by atoms with Crippen LogP contribution in [0.15, 0.2) is 42.5 Å². The summed E-state index contributed by atoms with van der Waals surface area (Å²) in [5, 5.41) is 5.45. The van der Waals surface area contributed by atoms with Crippen molar-refractivity contribution in [3.63, 3.8) is 0 Å². The van der Waals surface area contributed by atoms with Crippen LogP contribution in [0, 0.1) is 18.6 Å². The van der Waals surface area contributed by atoms with Gasteiger partial charge in [0.25, 0.3) is 0 Å². The molecule has 2 aromatic rings. The number of nitrogens with one attached hydrogen (secondary N) is 2. The topological polar surface area (TPSA) is 64.7 Å². The van der Waals surface area contributed by atoms with Gasteiger partial charge in [-0.25, -0.2) is 8.78 Å². The highest BCUT2D eigenvalue weighted by Gasteiger charge is 2.20. The average molecular weight is 402 g/mol. The number of aryl methyl sites for hydroxylation is 1. The first kappa shape index (κ1) is 20.9. The molecule has 2 aromatic carbocycles. The molecule has 1 aliphatic rings. The van der Waals surface area contributed by atoms with Crippen molar-refractivity contribution in [1.29, 1.82) is 0 Å². The Morgan fingerprint density at radius 2 is 1.31 bits per heavy atom. The van der Waals surface area contributed by atoms with Crippen LogP contribution in [0.5, 0.6) is 0 Å². The molecule has 2 amide bonds. The largest absolute Gasteiger partial charge is 0.325 e. The Hall–Kier alpha value is -2.84. The van der Waals surface area contributed by atoms with E-state index in [9.17, 15) is 18.4 Å². The lowest BCUT2D eigenvalue weighted by atomic mass is 10.2. The second kappa shape index (κ2) is 9.58. The maximum absolute atomic E-state index is 13.6. The molecule has 1 heterocycles. The zero-order chi connectivity index (χ0) is 20.8. The van der Waals surface area contributed by atoms with Crippen molar-refractivity contribution >= 4 is 23.2 Å². The van der Waals surface area contributed by atoms with Crippen molar-refractivity contribution in [3.05, 3.63) is 59.7 Å². The summed E-state index contributed by atoms with van der Waals surface area (Å²) in [4.78, 5) is 28.3. The van der Waals surface area contributed by atoms with Gasteiger partial charge in [-0.3, -0.25) is 19.4 Å². The highest BCUT2D eigenvalue weighted by Crippen LogP contribution is 2.14. The highest BCUT2D eigenvalue weighted by molar-refractivity contribution is 5.92. The fourth-order valence-corrected chi connectivity index (χ4v) is 3.12. The lowest BCUT2D eigenvalue weighted by Crippen LogP contribution is -2.50. The molecule has 1 saturated heterocycles. The Kier molecular flexibility index (Phi) is 6.90. The lowest BCUT2D eigenvalue weighted by Gasteiger charge is -2.33. The van der Waals surface area contributed by atoms with Gasteiger partial charge in [-0.05, 0) is 48.9 Å². The number of benzene rings is 2. The van der Waals surface area contributed by atoms with Gasteiger partial charge in [-0.2, -0.15) is 0 Å². The quantitative estimate of drug-likeness (QED) is 0.779. The Morgan fingerprint density at radius 3 is 1.83 bits per heavy atom. The van der Waals surface area contributed by atoms with Gasteiger partial charge in [0.15, 0.2) is 0 Å². The molecule has 8 heteroatoms. The minimum Gasteiger partial charge on any atom is -0.325 e. The molecule has 3 rings (SSSR count). The second-order valence-corrected chi connectivity index (χ2v) is 7.12. The molecule has 0 spiro atoms. The van der Waals surface area contributed by atoms with E-state index in [2.05, 4.69) is 10.6 Å². The molecule has 0 aromatic heterocycles. The molecule has 0 atom stereocenters. The van der Waals surface area contributed by atoms with Crippen molar-refractivity contribution in [2.24, 2.45) is 0 Å². The zero-order valence-electron chi connectivity index (χ0n) is 16.3. The van der Waals surface area contributed by atoms with E-state index in [0.29, 0.717) is 43.1 Å². The Labute approximate surface area is 168 Å². The van der Waals surface area contributed by atoms with Crippen LogP contribution in [0.1, 0.15) is 5.56 Å². The number of hydrogen-bond donors (Lipinski definition) is 2. The first-order valence-corrected chi connectivity index (χ1v) is 9.45. The first-order chi connectivity index (χ1) is 13.9. The van der Waals surface area contributed by atoms with E-state index >= 15 is 0 Å². The summed E-state index contributed by atoms with van der Waals surface area (Å²) >= 11 is 0. The zero-order valence-corrected chi connectivity index (χ0v) is 16.3. The standard InChI is InChI=1S/C21H24F2N4O2/c1-15-2-5-18(12-19(15)23)25-21(29)14-27-10-8-26(9-11-27)13-20(28)24-17-6-3-16(22)4-7-17/h2-7,12H,8-11,13-14H2,1H3,(H,24,28)(H,25,29). The number of amides is 2. The highest BCUT2D eigenvalue weighted by atomic mass is 19.1. The van der Waals surface area contributed by atoms with Crippen LogP contribution in [0.25, 0.3) is 0 Å². The summed E-state index contributed by atoms with van der Waals surface area (Å²) in [6.45, 7) is 4.73. The predicted octanol–water partition coefficient (Wildman–Crippen LogP) is 2.47. The van der Waals surface area contributed by atoms with Crippen LogP contribution in [-0.2, 0) is 9.59 Å². The van der Waals surface area contributed by atoms with Crippen molar-refractivity contribution in [2.75, 3.05) is 49.9 Å². The normalized spacial score (nSPS) is 15.1. The number of carbonyl (C=O) groups is 2. The number of anilines is 2. The fourth-order valence-electron chi connectivity index (χ4n) is 3.12. The first-order valence-electron chi connectivity index (χ1n) is 9.45. The number of hydrogen-bond acceptors (Lipinski definition) is 4. The van der Waals surface area contributed by atoms with Crippen molar-refractivity contribution in [3.8, 4) is 0 Å². The molecule has 2 N–H and O–H groups in total. The van der Waals surface area contributed by atoms with Crippen LogP contribution < -0.4 is 10.6 Å². The third kappa shape index (κ3) is 6.33. The summed E-state index contributed by atoms with van der Waals surface area (Å²) < 4.78 is 26.5. The van der Waals surface area contributed by atoms with Crippen LogP contribution in [0.4, 0.5) is 20.2 Å². The SMILES string of the molecule is Cc1ccc(NC(=O)CN2CCN(CC(=O)Nc3ccc(F)cc3)CC2)cc1F. The Balaban J connectivity index is 1.39. The van der Waals surface area contributed by atoms with Gasteiger partial charge in [0.05, 0.1) is 13.1 Å². The van der Waals surface area contributed by atoms with E-state index in [-0.39, 0.29) is 36.5 Å². The maximum Gasteiger partial charge on any atom is 0.238 e. The average Bonchev–Trinajstić information content (AvgIpc) is 2.68. The molecule has 154 valence electrons. The predicted molar refractivity (Wildman–Crippen MR) is 108 cm³/mol. The Morgan fingerprint density at radius 1 is 0.828 bits per heavy atom. The molecule has 1 fully saturated rings. The number of halogens is 2. The van der Waals surface area contributed by atoms with Crippen molar-refractivity contribution in [2.45, 2.75) is 6.92 Å². The number of carbonyl (C=O) groups excluding carboxylic acids is 2. The molecule has 29 heavy (non-hydrogen) atoms. The molecule has 1 aliphatic heterocycles. The number of rotatable bonds is 6. The van der Waals surface area contributed by atoms with Gasteiger partial charge in [0.1, 0.15) is 11.6 Å². The summed E-state index contributed by atoms with van der Waals surface area (Å²) in [6, 6.07) is 10.2. The molecule has 0 saturated carbocycles. The molecule has 6 nitrogen and oxygen atoms in total. The van der Waals surface area contributed by atoms with Gasteiger partial charge in [0, 0.05) is 37.6 Å². The van der Waals surface area contributed by atoms with Gasteiger partial charge < -0.3 is 10.6 Å². The summed E-state index contributed by atoms with van der Waals surface area (Å²) in [6.07, 6.45) is 0. The third-order valence-electron chi connectivity index (χ3n) is 4.78. The van der Waals surface area contributed by atoms with Crippen LogP contribution in [-0.4, -0.2) is 60.9 Å².